The molecule has 28 heavy (non-hydrogen) atoms. The summed E-state index contributed by atoms with van der Waals surface area (Å²) in [6, 6.07) is 0.200. The van der Waals surface area contributed by atoms with Crippen LogP contribution < -0.4 is 0 Å². The van der Waals surface area contributed by atoms with Crippen LogP contribution in [0.1, 0.15) is 41.5 Å². The van der Waals surface area contributed by atoms with Crippen molar-refractivity contribution in [2.45, 2.75) is 114 Å². The Kier molecular flexibility index (Phi) is 5.59. The van der Waals surface area contributed by atoms with Gasteiger partial charge in [0.05, 0.1) is 37.4 Å². The fraction of sp³-hybridized carbons (Fsp3) is 1.00. The molecule has 0 amide bonds. The van der Waals surface area contributed by atoms with Crippen LogP contribution in [-0.2, 0) is 8.85 Å². The molecular formula is C20H42N2O4Si2. The summed E-state index contributed by atoms with van der Waals surface area (Å²) in [4.78, 5) is 4.09. The first-order valence-electron chi connectivity index (χ1n) is 10.7. The molecule has 0 spiro atoms. The topological polar surface area (TPSA) is 64.9 Å². The second kappa shape index (κ2) is 6.85. The zero-order chi connectivity index (χ0) is 21.4. The van der Waals surface area contributed by atoms with Crippen LogP contribution >= 0.6 is 0 Å². The summed E-state index contributed by atoms with van der Waals surface area (Å²) in [6.07, 6.45) is -1.07. The van der Waals surface area contributed by atoms with Crippen LogP contribution in [0.2, 0.25) is 36.3 Å². The van der Waals surface area contributed by atoms with Crippen molar-refractivity contribution < 1.29 is 19.1 Å². The van der Waals surface area contributed by atoms with E-state index in [9.17, 15) is 10.2 Å². The Labute approximate surface area is 173 Å². The summed E-state index contributed by atoms with van der Waals surface area (Å²) in [5.74, 6) is 0. The van der Waals surface area contributed by atoms with Crippen molar-refractivity contribution in [3.05, 3.63) is 0 Å². The summed E-state index contributed by atoms with van der Waals surface area (Å²) in [6.45, 7) is 23.6. The van der Waals surface area contributed by atoms with E-state index in [0.29, 0.717) is 13.2 Å². The SMILES string of the molecule is CC(C)(C)[Si](C)(C)OC[C@@H]1[C@@H]2[C@H](O)N3[C@H]([C@H]3CO[Si](C)(C)C(C)(C)C)[C@H](O)N21. The molecule has 164 valence electrons. The lowest BCUT2D eigenvalue weighted by atomic mass is 10.2. The Bertz CT molecular complexity index is 530. The lowest BCUT2D eigenvalue weighted by Gasteiger charge is -2.36. The molecular weight excluding hydrogens is 388 g/mol. The van der Waals surface area contributed by atoms with Crippen molar-refractivity contribution in [3.63, 3.8) is 0 Å². The first-order chi connectivity index (χ1) is 12.5. The second-order valence-electron chi connectivity index (χ2n) is 12.0. The van der Waals surface area contributed by atoms with E-state index in [0.717, 1.165) is 0 Å². The van der Waals surface area contributed by atoms with Crippen LogP contribution in [0.5, 0.6) is 0 Å². The van der Waals surface area contributed by atoms with E-state index in [4.69, 9.17) is 8.85 Å². The fourth-order valence-electron chi connectivity index (χ4n) is 3.83. The van der Waals surface area contributed by atoms with E-state index in [1.807, 2.05) is 9.80 Å². The van der Waals surface area contributed by atoms with Crippen LogP contribution in [-0.4, -0.2) is 86.5 Å². The first-order valence-corrected chi connectivity index (χ1v) is 16.5. The summed E-state index contributed by atoms with van der Waals surface area (Å²) < 4.78 is 12.7. The Morgan fingerprint density at radius 1 is 0.679 bits per heavy atom. The third-order valence-electron chi connectivity index (χ3n) is 8.13. The van der Waals surface area contributed by atoms with Gasteiger partial charge in [-0.25, -0.2) is 0 Å². The number of aliphatic hydroxyl groups is 2. The molecule has 0 aromatic heterocycles. The van der Waals surface area contributed by atoms with Gasteiger partial charge in [0.25, 0.3) is 0 Å². The summed E-state index contributed by atoms with van der Waals surface area (Å²) in [5, 5.41) is 22.0. The molecule has 3 aliphatic rings. The number of fused-ring (bicyclic) bond motifs is 2. The average Bonchev–Trinajstić information content (AvgIpc) is 3.39. The highest BCUT2D eigenvalue weighted by Gasteiger charge is 2.72. The third kappa shape index (κ3) is 3.79. The number of rotatable bonds is 6. The van der Waals surface area contributed by atoms with E-state index in [2.05, 4.69) is 67.7 Å². The van der Waals surface area contributed by atoms with Gasteiger partial charge in [0.1, 0.15) is 12.5 Å². The molecule has 8 heteroatoms. The van der Waals surface area contributed by atoms with Crippen LogP contribution in [0.15, 0.2) is 0 Å². The zero-order valence-corrected chi connectivity index (χ0v) is 21.5. The van der Waals surface area contributed by atoms with Gasteiger partial charge in [0.15, 0.2) is 16.6 Å². The van der Waals surface area contributed by atoms with Gasteiger partial charge in [-0.3, -0.25) is 9.80 Å². The number of aliphatic hydroxyl groups excluding tert-OH is 2. The van der Waals surface area contributed by atoms with Gasteiger partial charge in [0.2, 0.25) is 0 Å². The van der Waals surface area contributed by atoms with Gasteiger partial charge in [-0.05, 0) is 36.3 Å². The van der Waals surface area contributed by atoms with Crippen molar-refractivity contribution in [3.8, 4) is 0 Å². The van der Waals surface area contributed by atoms with Crippen molar-refractivity contribution >= 4 is 16.6 Å². The Balaban J connectivity index is 1.55. The summed E-state index contributed by atoms with van der Waals surface area (Å²) in [7, 11) is -3.65. The summed E-state index contributed by atoms with van der Waals surface area (Å²) >= 11 is 0. The quantitative estimate of drug-likeness (QED) is 0.499. The van der Waals surface area contributed by atoms with Gasteiger partial charge < -0.3 is 19.1 Å². The molecule has 0 saturated carbocycles. The minimum absolute atomic E-state index is 0.0195. The number of nitrogens with zero attached hydrogens (tertiary/aromatic N) is 2. The molecule has 6 nitrogen and oxygen atoms in total. The minimum atomic E-state index is -1.83. The first kappa shape index (κ1) is 22.9. The smallest absolute Gasteiger partial charge is 0.192 e. The standard InChI is InChI=1S/C20H42N2O4Si2/c1-19(2,3)27(7,8)25-11-13-15-17(23)22-14(16(22)18(24)21(13)15)12-26-28(9,10)20(4,5)6/h13-18,23-24H,11-12H2,1-10H3/t13-,14-,15-,16-,17+,18+,21?,22?/m1/s1. The lowest BCUT2D eigenvalue weighted by Crippen LogP contribution is -2.42. The van der Waals surface area contributed by atoms with Crippen LogP contribution in [0.4, 0.5) is 0 Å². The molecule has 0 aromatic carbocycles. The van der Waals surface area contributed by atoms with Crippen molar-refractivity contribution in [2.75, 3.05) is 13.2 Å². The van der Waals surface area contributed by atoms with Crippen molar-refractivity contribution in [2.24, 2.45) is 0 Å². The minimum Gasteiger partial charge on any atom is -0.415 e. The molecule has 3 fully saturated rings. The van der Waals surface area contributed by atoms with E-state index < -0.39 is 29.1 Å². The van der Waals surface area contributed by atoms with Crippen LogP contribution in [0.3, 0.4) is 0 Å². The maximum absolute atomic E-state index is 10.9. The molecule has 0 aliphatic carbocycles. The molecule has 0 radical (unpaired) electrons. The Morgan fingerprint density at radius 3 is 1.21 bits per heavy atom. The van der Waals surface area contributed by atoms with Crippen LogP contribution in [0, 0.1) is 0 Å². The predicted octanol–water partition coefficient (Wildman–Crippen LogP) is 2.79. The van der Waals surface area contributed by atoms with Gasteiger partial charge in [-0.15, -0.1) is 0 Å². The molecule has 3 rings (SSSR count). The highest BCUT2D eigenvalue weighted by atomic mass is 28.4. The number of piperazine rings is 1. The Hall–Kier alpha value is 0.194. The molecule has 3 heterocycles. The number of hydrogen-bond acceptors (Lipinski definition) is 6. The zero-order valence-electron chi connectivity index (χ0n) is 19.5. The van der Waals surface area contributed by atoms with E-state index >= 15 is 0 Å². The van der Waals surface area contributed by atoms with E-state index in [1.165, 1.54) is 0 Å². The average molecular weight is 431 g/mol. The molecule has 8 atom stereocenters. The number of hydrogen-bond donors (Lipinski definition) is 2. The second-order valence-corrected chi connectivity index (χ2v) is 21.6. The van der Waals surface area contributed by atoms with E-state index in [-0.39, 0.29) is 34.2 Å². The largest absolute Gasteiger partial charge is 0.415 e. The highest BCUT2D eigenvalue weighted by molar-refractivity contribution is 6.74. The fourth-order valence-corrected chi connectivity index (χ4v) is 5.87. The van der Waals surface area contributed by atoms with Crippen LogP contribution in [0.25, 0.3) is 0 Å². The maximum atomic E-state index is 10.9. The Morgan fingerprint density at radius 2 is 0.964 bits per heavy atom. The third-order valence-corrected chi connectivity index (χ3v) is 17.1. The predicted molar refractivity (Wildman–Crippen MR) is 117 cm³/mol. The molecule has 2 N–H and O–H groups in total. The van der Waals surface area contributed by atoms with E-state index in [1.54, 1.807) is 0 Å². The normalized spacial score (nSPS) is 40.7. The summed E-state index contributed by atoms with van der Waals surface area (Å²) in [5.41, 5.74) is 0. The molecule has 3 aliphatic heterocycles. The van der Waals surface area contributed by atoms with Gasteiger partial charge >= 0.3 is 0 Å². The molecule has 0 aromatic rings. The maximum Gasteiger partial charge on any atom is 0.192 e. The van der Waals surface area contributed by atoms with Crippen molar-refractivity contribution in [1.29, 1.82) is 0 Å². The van der Waals surface area contributed by atoms with Gasteiger partial charge in [0, 0.05) is 0 Å². The van der Waals surface area contributed by atoms with Gasteiger partial charge in [-0.2, -0.15) is 0 Å². The van der Waals surface area contributed by atoms with Gasteiger partial charge in [-0.1, -0.05) is 41.5 Å². The molecule has 0 bridgehead atoms. The molecule has 2 unspecified atom stereocenters. The molecule has 3 saturated heterocycles. The highest BCUT2D eigenvalue weighted by Crippen LogP contribution is 2.51. The van der Waals surface area contributed by atoms with Crippen molar-refractivity contribution in [1.82, 2.24) is 9.80 Å². The lowest BCUT2D eigenvalue weighted by molar-refractivity contribution is -0.0382. The monoisotopic (exact) mass is 430 g/mol.